The molecule has 5 rings (SSSR count). The number of piperidine rings is 1. The zero-order valence-electron chi connectivity index (χ0n) is 16.2. The fourth-order valence-electron chi connectivity index (χ4n) is 4.22. The second-order valence-electron chi connectivity index (χ2n) is 7.38. The number of hydrogen-bond donors (Lipinski definition) is 1. The van der Waals surface area contributed by atoms with Crippen LogP contribution < -0.4 is 4.74 Å². The molecule has 0 atom stereocenters. The number of pyridine rings is 1. The molecular formula is C21H22N4O3S. The Bertz CT molecular complexity index is 1010. The van der Waals surface area contributed by atoms with Crippen molar-refractivity contribution in [1.29, 1.82) is 0 Å². The molecule has 1 fully saturated rings. The quantitative estimate of drug-likeness (QED) is 0.717. The average molecular weight is 410 g/mol. The predicted molar refractivity (Wildman–Crippen MR) is 109 cm³/mol. The molecule has 0 unspecified atom stereocenters. The summed E-state index contributed by atoms with van der Waals surface area (Å²) < 4.78 is 11.6. The van der Waals surface area contributed by atoms with Crippen LogP contribution in [-0.4, -0.2) is 52.6 Å². The number of rotatable bonds is 3. The highest BCUT2D eigenvalue weighted by atomic mass is 32.1. The van der Waals surface area contributed by atoms with Crippen LogP contribution in [0, 0.1) is 0 Å². The lowest BCUT2D eigenvalue weighted by Gasteiger charge is -2.44. The molecule has 8 heteroatoms. The molecule has 0 aliphatic carbocycles. The van der Waals surface area contributed by atoms with Gasteiger partial charge in [0.1, 0.15) is 11.4 Å². The maximum Gasteiger partial charge on any atom is 0.271 e. The third-order valence-corrected chi connectivity index (χ3v) is 7.04. The fraction of sp³-hybridized carbons (Fsp3) is 0.381. The summed E-state index contributed by atoms with van der Waals surface area (Å²) in [7, 11) is 1.64. The van der Waals surface area contributed by atoms with Crippen molar-refractivity contribution in [2.75, 3.05) is 26.8 Å². The van der Waals surface area contributed by atoms with Gasteiger partial charge in [0.15, 0.2) is 0 Å². The zero-order valence-corrected chi connectivity index (χ0v) is 17.0. The van der Waals surface area contributed by atoms with E-state index < -0.39 is 0 Å². The van der Waals surface area contributed by atoms with Crippen LogP contribution in [0.4, 0.5) is 0 Å². The summed E-state index contributed by atoms with van der Waals surface area (Å²) in [5, 5.41) is 0. The Morgan fingerprint density at radius 1 is 1.31 bits per heavy atom. The Morgan fingerprint density at radius 3 is 2.86 bits per heavy atom. The van der Waals surface area contributed by atoms with E-state index in [9.17, 15) is 4.79 Å². The second-order valence-corrected chi connectivity index (χ2v) is 8.52. The molecule has 2 aliphatic rings. The molecule has 150 valence electrons. The maximum absolute atomic E-state index is 12.6. The van der Waals surface area contributed by atoms with Gasteiger partial charge in [-0.3, -0.25) is 9.78 Å². The molecule has 1 N–H and O–H groups in total. The third kappa shape index (κ3) is 3.22. The van der Waals surface area contributed by atoms with Gasteiger partial charge in [-0.15, -0.1) is 11.3 Å². The van der Waals surface area contributed by atoms with Crippen molar-refractivity contribution in [3.8, 4) is 16.3 Å². The summed E-state index contributed by atoms with van der Waals surface area (Å²) in [5.74, 6) is 0.756. The molecule has 3 aromatic rings. The summed E-state index contributed by atoms with van der Waals surface area (Å²) in [6.07, 6.45) is 7.39. The molecule has 0 radical (unpaired) electrons. The van der Waals surface area contributed by atoms with Gasteiger partial charge in [-0.25, -0.2) is 4.98 Å². The van der Waals surface area contributed by atoms with Gasteiger partial charge in [-0.2, -0.15) is 0 Å². The first-order valence-corrected chi connectivity index (χ1v) is 10.6. The van der Waals surface area contributed by atoms with Crippen molar-refractivity contribution >= 4 is 17.2 Å². The molecule has 5 heterocycles. The van der Waals surface area contributed by atoms with E-state index in [2.05, 4.69) is 21.0 Å². The molecule has 7 nitrogen and oxygen atoms in total. The monoisotopic (exact) mass is 410 g/mol. The van der Waals surface area contributed by atoms with Gasteiger partial charge in [0.05, 0.1) is 48.6 Å². The largest absolute Gasteiger partial charge is 0.495 e. The number of imidazole rings is 1. The maximum atomic E-state index is 12.6. The van der Waals surface area contributed by atoms with Crippen LogP contribution in [0.2, 0.25) is 0 Å². The molecular weight excluding hydrogens is 388 g/mol. The van der Waals surface area contributed by atoms with Gasteiger partial charge >= 0.3 is 0 Å². The Balaban J connectivity index is 1.38. The highest BCUT2D eigenvalue weighted by molar-refractivity contribution is 7.15. The van der Waals surface area contributed by atoms with Crippen LogP contribution in [-0.2, 0) is 16.8 Å². The Hall–Kier alpha value is -2.71. The number of methoxy groups -OCH3 is 1. The second kappa shape index (κ2) is 7.27. The minimum absolute atomic E-state index is 0.00169. The van der Waals surface area contributed by atoms with Gasteiger partial charge in [0.2, 0.25) is 0 Å². The van der Waals surface area contributed by atoms with Crippen molar-refractivity contribution in [2.45, 2.75) is 24.9 Å². The zero-order chi connectivity index (χ0) is 19.8. The van der Waals surface area contributed by atoms with E-state index in [0.29, 0.717) is 18.8 Å². The number of H-pyrrole nitrogens is 1. The highest BCUT2D eigenvalue weighted by Gasteiger charge is 2.43. The number of aromatic nitrogens is 3. The number of amides is 1. The number of hydrogen-bond acceptors (Lipinski definition) is 6. The third-order valence-electron chi connectivity index (χ3n) is 5.82. The number of nitrogens with zero attached hydrogens (tertiary/aromatic N) is 3. The molecule has 29 heavy (non-hydrogen) atoms. The van der Waals surface area contributed by atoms with Crippen molar-refractivity contribution in [1.82, 2.24) is 19.9 Å². The summed E-state index contributed by atoms with van der Waals surface area (Å²) in [5.41, 5.74) is 2.45. The van der Waals surface area contributed by atoms with E-state index in [4.69, 9.17) is 9.47 Å². The molecule has 0 aromatic carbocycles. The number of aromatic amines is 1. The Morgan fingerprint density at radius 2 is 2.17 bits per heavy atom. The van der Waals surface area contributed by atoms with Gasteiger partial charge in [-0.05, 0) is 36.6 Å². The highest BCUT2D eigenvalue weighted by Crippen LogP contribution is 2.46. The van der Waals surface area contributed by atoms with E-state index in [0.717, 1.165) is 42.2 Å². The van der Waals surface area contributed by atoms with E-state index in [1.54, 1.807) is 30.8 Å². The van der Waals surface area contributed by atoms with E-state index in [-0.39, 0.29) is 11.5 Å². The van der Waals surface area contributed by atoms with E-state index in [1.165, 1.54) is 16.8 Å². The first-order valence-electron chi connectivity index (χ1n) is 9.74. The van der Waals surface area contributed by atoms with Crippen molar-refractivity contribution in [3.63, 3.8) is 0 Å². The van der Waals surface area contributed by atoms with Gasteiger partial charge in [0, 0.05) is 24.4 Å². The molecule has 3 aromatic heterocycles. The standard InChI is InChI=1S/C21H22N4O3S/c1-27-14-2-3-16(23-11-14)19-10-15-18(29-19)4-9-28-21(15)5-7-25(8-6-21)20(26)17-12-22-13-24-17/h2-3,10-13H,4-9H2,1H3,(H,22,24). The van der Waals surface area contributed by atoms with Gasteiger partial charge in [-0.1, -0.05) is 0 Å². The lowest BCUT2D eigenvalue weighted by atomic mass is 9.82. The lowest BCUT2D eigenvalue weighted by Crippen LogP contribution is -2.48. The van der Waals surface area contributed by atoms with Crippen LogP contribution >= 0.6 is 11.3 Å². The van der Waals surface area contributed by atoms with Gasteiger partial charge in [0.25, 0.3) is 5.91 Å². The normalized spacial score (nSPS) is 17.9. The van der Waals surface area contributed by atoms with Crippen LogP contribution in [0.3, 0.4) is 0 Å². The molecule has 1 amide bonds. The molecule has 1 spiro atoms. The number of fused-ring (bicyclic) bond motifs is 2. The predicted octanol–water partition coefficient (Wildman–Crippen LogP) is 3.25. The molecule has 1 saturated heterocycles. The minimum Gasteiger partial charge on any atom is -0.495 e. The van der Waals surface area contributed by atoms with Crippen molar-refractivity contribution in [2.24, 2.45) is 0 Å². The Kier molecular flexibility index (Phi) is 4.60. The number of thiophene rings is 1. The van der Waals surface area contributed by atoms with Crippen LogP contribution in [0.1, 0.15) is 33.8 Å². The summed E-state index contributed by atoms with van der Waals surface area (Å²) in [4.78, 5) is 28.4. The van der Waals surface area contributed by atoms with Crippen LogP contribution in [0.5, 0.6) is 5.75 Å². The molecule has 0 bridgehead atoms. The van der Waals surface area contributed by atoms with Crippen LogP contribution in [0.15, 0.2) is 36.9 Å². The average Bonchev–Trinajstić information content (AvgIpc) is 3.45. The fourth-order valence-corrected chi connectivity index (χ4v) is 5.43. The number of likely N-dealkylation sites (tertiary alicyclic amines) is 1. The molecule has 2 aliphatic heterocycles. The smallest absolute Gasteiger partial charge is 0.271 e. The van der Waals surface area contributed by atoms with E-state index in [1.807, 2.05) is 17.0 Å². The van der Waals surface area contributed by atoms with Crippen molar-refractivity contribution < 1.29 is 14.3 Å². The number of nitrogens with one attached hydrogen (secondary N) is 1. The summed E-state index contributed by atoms with van der Waals surface area (Å²) >= 11 is 1.80. The Labute approximate surface area is 172 Å². The first kappa shape index (κ1) is 18.3. The molecule has 0 saturated carbocycles. The minimum atomic E-state index is -0.306. The SMILES string of the molecule is COc1ccc(-c2cc3c(s2)CCOC32CCN(C(=O)c3cnc[nH]3)CC2)nc1. The van der Waals surface area contributed by atoms with Crippen LogP contribution in [0.25, 0.3) is 10.6 Å². The summed E-state index contributed by atoms with van der Waals surface area (Å²) in [6.45, 7) is 2.06. The topological polar surface area (TPSA) is 80.3 Å². The van der Waals surface area contributed by atoms with Gasteiger partial charge < -0.3 is 19.4 Å². The van der Waals surface area contributed by atoms with E-state index >= 15 is 0 Å². The summed E-state index contributed by atoms with van der Waals surface area (Å²) in [6, 6.07) is 6.17. The first-order chi connectivity index (χ1) is 14.2. The van der Waals surface area contributed by atoms with Crippen molar-refractivity contribution in [3.05, 3.63) is 53.1 Å². The number of carbonyl (C=O) groups is 1. The lowest BCUT2D eigenvalue weighted by molar-refractivity contribution is -0.0926. The number of carbonyl (C=O) groups excluding carboxylic acids is 1. The number of ether oxygens (including phenoxy) is 2.